The van der Waals surface area contributed by atoms with E-state index in [9.17, 15) is 4.79 Å². The Morgan fingerprint density at radius 1 is 1.20 bits per heavy atom. The molecule has 2 nitrogen and oxygen atoms in total. The Morgan fingerprint density at radius 2 is 1.80 bits per heavy atom. The molecular formula is C18H26O2. The molecule has 0 amide bonds. The van der Waals surface area contributed by atoms with E-state index in [1.807, 2.05) is 13.0 Å². The Labute approximate surface area is 122 Å². The van der Waals surface area contributed by atoms with Crippen molar-refractivity contribution in [2.75, 3.05) is 7.11 Å². The predicted octanol–water partition coefficient (Wildman–Crippen LogP) is 4.67. The topological polar surface area (TPSA) is 26.3 Å². The minimum Gasteiger partial charge on any atom is -0.496 e. The summed E-state index contributed by atoms with van der Waals surface area (Å²) in [4.78, 5) is 12.7. The van der Waals surface area contributed by atoms with E-state index in [1.54, 1.807) is 7.11 Å². The van der Waals surface area contributed by atoms with Gasteiger partial charge in [-0.2, -0.15) is 0 Å². The maximum Gasteiger partial charge on any atom is 0.166 e. The van der Waals surface area contributed by atoms with Gasteiger partial charge in [0.15, 0.2) is 5.78 Å². The number of Topliss-reactive ketones (excluding diaryl/α,β-unsaturated/α-hetero) is 1. The fraction of sp³-hybridized carbons (Fsp3) is 0.611. The second-order valence-corrected chi connectivity index (χ2v) is 6.96. The number of hydrogen-bond donors (Lipinski definition) is 0. The van der Waals surface area contributed by atoms with Crippen LogP contribution in [0.3, 0.4) is 0 Å². The largest absolute Gasteiger partial charge is 0.496 e. The molecule has 1 aliphatic rings. The van der Waals surface area contributed by atoms with Crippen molar-refractivity contribution in [2.45, 2.75) is 58.8 Å². The zero-order valence-corrected chi connectivity index (χ0v) is 13.4. The number of carbonyl (C=O) groups is 1. The standard InChI is InChI=1S/C18H26O2/c1-12-10-16(20-5)15(18(2,3)4)11-14(12)17(19)13-8-6-7-9-13/h10-11,13H,6-9H2,1-5H3. The maximum absolute atomic E-state index is 12.7. The van der Waals surface area contributed by atoms with Gasteiger partial charge >= 0.3 is 0 Å². The van der Waals surface area contributed by atoms with Gasteiger partial charge in [-0.15, -0.1) is 0 Å². The van der Waals surface area contributed by atoms with Crippen LogP contribution in [-0.4, -0.2) is 12.9 Å². The lowest BCUT2D eigenvalue weighted by Crippen LogP contribution is -2.17. The van der Waals surface area contributed by atoms with Gasteiger partial charge in [-0.1, -0.05) is 33.6 Å². The first-order chi connectivity index (χ1) is 9.34. The van der Waals surface area contributed by atoms with Crippen LogP contribution in [0, 0.1) is 12.8 Å². The van der Waals surface area contributed by atoms with E-state index in [-0.39, 0.29) is 11.3 Å². The first-order valence-corrected chi connectivity index (χ1v) is 7.58. The van der Waals surface area contributed by atoms with Crippen LogP contribution in [0.5, 0.6) is 5.75 Å². The third-order valence-corrected chi connectivity index (χ3v) is 4.35. The van der Waals surface area contributed by atoms with Crippen LogP contribution >= 0.6 is 0 Å². The molecule has 1 aliphatic carbocycles. The summed E-state index contributed by atoms with van der Waals surface area (Å²) < 4.78 is 5.50. The minimum absolute atomic E-state index is 0.0241. The van der Waals surface area contributed by atoms with Gasteiger partial charge in [0.2, 0.25) is 0 Å². The van der Waals surface area contributed by atoms with Gasteiger partial charge in [0, 0.05) is 17.0 Å². The molecule has 0 heterocycles. The number of ketones is 1. The van der Waals surface area contributed by atoms with Crippen molar-refractivity contribution < 1.29 is 9.53 Å². The monoisotopic (exact) mass is 274 g/mol. The Hall–Kier alpha value is -1.31. The zero-order valence-electron chi connectivity index (χ0n) is 13.4. The van der Waals surface area contributed by atoms with E-state index in [4.69, 9.17) is 4.74 Å². The molecule has 0 unspecified atom stereocenters. The number of aryl methyl sites for hydroxylation is 1. The zero-order chi connectivity index (χ0) is 14.9. The first-order valence-electron chi connectivity index (χ1n) is 7.58. The molecule has 0 spiro atoms. The van der Waals surface area contributed by atoms with Gasteiger partial charge in [0.05, 0.1) is 7.11 Å². The minimum atomic E-state index is -0.0241. The van der Waals surface area contributed by atoms with Crippen LogP contribution in [0.2, 0.25) is 0 Å². The fourth-order valence-electron chi connectivity index (χ4n) is 3.11. The quantitative estimate of drug-likeness (QED) is 0.748. The third-order valence-electron chi connectivity index (χ3n) is 4.35. The van der Waals surface area contributed by atoms with Crippen molar-refractivity contribution in [2.24, 2.45) is 5.92 Å². The van der Waals surface area contributed by atoms with E-state index in [2.05, 4.69) is 26.8 Å². The van der Waals surface area contributed by atoms with Crippen molar-refractivity contribution in [3.63, 3.8) is 0 Å². The maximum atomic E-state index is 12.7. The molecule has 0 radical (unpaired) electrons. The van der Waals surface area contributed by atoms with E-state index in [1.165, 1.54) is 12.8 Å². The van der Waals surface area contributed by atoms with Crippen LogP contribution in [0.15, 0.2) is 12.1 Å². The average Bonchev–Trinajstić information content (AvgIpc) is 2.89. The molecule has 1 fully saturated rings. The Bertz CT molecular complexity index is 503. The second-order valence-electron chi connectivity index (χ2n) is 6.96. The number of rotatable bonds is 3. The van der Waals surface area contributed by atoms with Crippen molar-refractivity contribution in [1.29, 1.82) is 0 Å². The average molecular weight is 274 g/mol. The first kappa shape index (κ1) is 15.1. The molecule has 20 heavy (non-hydrogen) atoms. The van der Waals surface area contributed by atoms with Crippen LogP contribution < -0.4 is 4.74 Å². The number of benzene rings is 1. The summed E-state index contributed by atoms with van der Waals surface area (Å²) in [6.07, 6.45) is 4.49. The SMILES string of the molecule is COc1cc(C)c(C(=O)C2CCCC2)cc1C(C)(C)C. The molecule has 0 saturated heterocycles. The molecule has 0 aromatic heterocycles. The number of methoxy groups -OCH3 is 1. The molecule has 110 valence electrons. The van der Waals surface area contributed by atoms with Crippen molar-refractivity contribution in [1.82, 2.24) is 0 Å². The lowest BCUT2D eigenvalue weighted by atomic mass is 9.82. The predicted molar refractivity (Wildman–Crippen MR) is 82.7 cm³/mol. The summed E-state index contributed by atoms with van der Waals surface area (Å²) in [6, 6.07) is 4.08. The van der Waals surface area contributed by atoms with Gasteiger partial charge in [0.25, 0.3) is 0 Å². The molecule has 0 atom stereocenters. The lowest BCUT2D eigenvalue weighted by molar-refractivity contribution is 0.0922. The highest BCUT2D eigenvalue weighted by Crippen LogP contribution is 2.36. The van der Waals surface area contributed by atoms with Crippen molar-refractivity contribution in [3.05, 3.63) is 28.8 Å². The van der Waals surface area contributed by atoms with Gasteiger partial charge < -0.3 is 4.74 Å². The van der Waals surface area contributed by atoms with E-state index in [0.717, 1.165) is 35.3 Å². The van der Waals surface area contributed by atoms with Gasteiger partial charge in [-0.25, -0.2) is 0 Å². The molecule has 1 aromatic rings. The van der Waals surface area contributed by atoms with Gasteiger partial charge in [-0.05, 0) is 42.9 Å². The Balaban J connectivity index is 2.45. The molecule has 2 rings (SSSR count). The summed E-state index contributed by atoms with van der Waals surface area (Å²) in [6.45, 7) is 8.48. The number of hydrogen-bond acceptors (Lipinski definition) is 2. The highest BCUT2D eigenvalue weighted by molar-refractivity contribution is 5.99. The highest BCUT2D eigenvalue weighted by atomic mass is 16.5. The second kappa shape index (κ2) is 5.59. The van der Waals surface area contributed by atoms with Gasteiger partial charge in [-0.3, -0.25) is 4.79 Å². The Kier molecular flexibility index (Phi) is 4.22. The van der Waals surface area contributed by atoms with E-state index >= 15 is 0 Å². The van der Waals surface area contributed by atoms with Gasteiger partial charge in [0.1, 0.15) is 5.75 Å². The Morgan fingerprint density at radius 3 is 2.30 bits per heavy atom. The van der Waals surface area contributed by atoms with E-state index in [0.29, 0.717) is 5.78 Å². The molecule has 0 aliphatic heterocycles. The highest BCUT2D eigenvalue weighted by Gasteiger charge is 2.27. The molecule has 1 aromatic carbocycles. The van der Waals surface area contributed by atoms with E-state index < -0.39 is 0 Å². The molecule has 0 bridgehead atoms. The summed E-state index contributed by atoms with van der Waals surface area (Å²) in [5, 5.41) is 0. The lowest BCUT2D eigenvalue weighted by Gasteiger charge is -2.24. The molecule has 0 N–H and O–H groups in total. The van der Waals surface area contributed by atoms with Crippen molar-refractivity contribution in [3.8, 4) is 5.75 Å². The molecule has 1 saturated carbocycles. The molecular weight excluding hydrogens is 248 g/mol. The molecule has 2 heteroatoms. The fourth-order valence-corrected chi connectivity index (χ4v) is 3.11. The summed E-state index contributed by atoms with van der Waals surface area (Å²) in [5.74, 6) is 1.45. The number of carbonyl (C=O) groups excluding carboxylic acids is 1. The normalized spacial score (nSPS) is 16.4. The number of ether oxygens (including phenoxy) is 1. The van der Waals surface area contributed by atoms with Crippen LogP contribution in [0.1, 0.15) is 67.9 Å². The van der Waals surface area contributed by atoms with Crippen molar-refractivity contribution >= 4 is 5.78 Å². The summed E-state index contributed by atoms with van der Waals surface area (Å²) in [7, 11) is 1.70. The smallest absolute Gasteiger partial charge is 0.166 e. The van der Waals surface area contributed by atoms with Crippen LogP contribution in [0.4, 0.5) is 0 Å². The third kappa shape index (κ3) is 2.89. The van der Waals surface area contributed by atoms with Crippen LogP contribution in [-0.2, 0) is 5.41 Å². The summed E-state index contributed by atoms with van der Waals surface area (Å²) >= 11 is 0. The van der Waals surface area contributed by atoms with Crippen LogP contribution in [0.25, 0.3) is 0 Å². The summed E-state index contributed by atoms with van der Waals surface area (Å²) in [5.41, 5.74) is 3.02.